The van der Waals surface area contributed by atoms with E-state index in [4.69, 9.17) is 23.2 Å². The highest BCUT2D eigenvalue weighted by Gasteiger charge is 2.34. The van der Waals surface area contributed by atoms with E-state index in [1.54, 1.807) is 25.1 Å². The van der Waals surface area contributed by atoms with Gasteiger partial charge in [-0.1, -0.05) is 23.2 Å². The van der Waals surface area contributed by atoms with Gasteiger partial charge in [0.15, 0.2) is 11.0 Å². The van der Waals surface area contributed by atoms with Gasteiger partial charge in [-0.2, -0.15) is 9.78 Å². The van der Waals surface area contributed by atoms with Crippen molar-refractivity contribution in [3.8, 4) is 5.82 Å². The van der Waals surface area contributed by atoms with E-state index in [2.05, 4.69) is 20.6 Å². The quantitative estimate of drug-likeness (QED) is 0.718. The molecular weight excluding hydrogens is 380 g/mol. The fourth-order valence-electron chi connectivity index (χ4n) is 3.18. The van der Waals surface area contributed by atoms with Crippen LogP contribution in [0.4, 0.5) is 10.2 Å². The third-order valence-corrected chi connectivity index (χ3v) is 4.71. The Morgan fingerprint density at radius 2 is 2.04 bits per heavy atom. The van der Waals surface area contributed by atoms with E-state index >= 15 is 0 Å². The van der Waals surface area contributed by atoms with Gasteiger partial charge in [0.25, 0.3) is 0 Å². The topological polar surface area (TPSA) is 72.7 Å². The lowest BCUT2D eigenvalue weighted by molar-refractivity contribution is -0.116. The van der Waals surface area contributed by atoms with Gasteiger partial charge < -0.3 is 5.32 Å². The van der Waals surface area contributed by atoms with E-state index in [0.29, 0.717) is 27.9 Å². The van der Waals surface area contributed by atoms with E-state index in [9.17, 15) is 9.18 Å². The van der Waals surface area contributed by atoms with Crippen LogP contribution in [0.25, 0.3) is 5.82 Å². The molecule has 0 saturated heterocycles. The number of rotatable bonds is 2. The van der Waals surface area contributed by atoms with Crippen molar-refractivity contribution in [2.24, 2.45) is 0 Å². The molecule has 0 unspecified atom stereocenters. The molecule has 9 heteroatoms. The van der Waals surface area contributed by atoms with Crippen LogP contribution in [0.15, 0.2) is 30.3 Å². The molecule has 2 aromatic heterocycles. The molecule has 1 N–H and O–H groups in total. The van der Waals surface area contributed by atoms with E-state index < -0.39 is 11.7 Å². The van der Waals surface area contributed by atoms with Crippen molar-refractivity contribution in [3.63, 3.8) is 0 Å². The van der Waals surface area contributed by atoms with E-state index in [0.717, 1.165) is 5.56 Å². The molecule has 0 aliphatic carbocycles. The van der Waals surface area contributed by atoms with Gasteiger partial charge in [-0.25, -0.2) is 4.39 Å². The lowest BCUT2D eigenvalue weighted by Gasteiger charge is -2.24. The summed E-state index contributed by atoms with van der Waals surface area (Å²) in [4.78, 5) is 12.3. The van der Waals surface area contributed by atoms with Gasteiger partial charge in [-0.15, -0.1) is 10.2 Å². The molecule has 1 atom stereocenters. The van der Waals surface area contributed by atoms with Crippen molar-refractivity contribution >= 4 is 34.9 Å². The Morgan fingerprint density at radius 1 is 1.23 bits per heavy atom. The molecule has 1 amide bonds. The zero-order chi connectivity index (χ0) is 18.4. The van der Waals surface area contributed by atoms with Gasteiger partial charge in [0.1, 0.15) is 11.6 Å². The summed E-state index contributed by atoms with van der Waals surface area (Å²) in [6, 6.07) is 7.53. The smallest absolute Gasteiger partial charge is 0.226 e. The number of hydrogen-bond acceptors (Lipinski definition) is 4. The number of hydrogen-bond donors (Lipinski definition) is 1. The van der Waals surface area contributed by atoms with Crippen LogP contribution in [0.3, 0.4) is 0 Å². The first kappa shape index (κ1) is 16.9. The second-order valence-corrected chi connectivity index (χ2v) is 6.77. The Labute approximate surface area is 157 Å². The summed E-state index contributed by atoms with van der Waals surface area (Å²) < 4.78 is 15.9. The van der Waals surface area contributed by atoms with Crippen LogP contribution >= 0.6 is 23.2 Å². The average molecular weight is 392 g/mol. The van der Waals surface area contributed by atoms with Gasteiger partial charge in [0, 0.05) is 22.9 Å². The summed E-state index contributed by atoms with van der Waals surface area (Å²) in [7, 11) is 0. The van der Waals surface area contributed by atoms with Gasteiger partial charge in [0.2, 0.25) is 5.91 Å². The minimum Gasteiger partial charge on any atom is -0.310 e. The van der Waals surface area contributed by atoms with Crippen molar-refractivity contribution < 1.29 is 9.18 Å². The number of nitrogens with zero attached hydrogens (tertiary/aromatic N) is 4. The zero-order valence-electron chi connectivity index (χ0n) is 13.5. The third kappa shape index (κ3) is 2.83. The second kappa shape index (κ2) is 6.34. The predicted octanol–water partition coefficient (Wildman–Crippen LogP) is 3.89. The number of benzene rings is 1. The summed E-state index contributed by atoms with van der Waals surface area (Å²) >= 11 is 11.8. The first-order chi connectivity index (χ1) is 12.4. The minimum atomic E-state index is -0.494. The van der Waals surface area contributed by atoms with Crippen LogP contribution in [0.5, 0.6) is 0 Å². The summed E-state index contributed by atoms with van der Waals surface area (Å²) in [5.74, 6) is -0.319. The Balaban J connectivity index is 1.90. The van der Waals surface area contributed by atoms with Crippen LogP contribution in [-0.4, -0.2) is 25.9 Å². The van der Waals surface area contributed by atoms with Crippen LogP contribution in [-0.2, 0) is 4.79 Å². The third-order valence-electron chi connectivity index (χ3n) is 4.27. The van der Waals surface area contributed by atoms with Crippen LogP contribution in [0.1, 0.15) is 29.2 Å². The number of anilines is 1. The van der Waals surface area contributed by atoms with Crippen molar-refractivity contribution in [1.82, 2.24) is 20.0 Å². The number of amides is 1. The van der Waals surface area contributed by atoms with Crippen molar-refractivity contribution in [1.29, 1.82) is 0 Å². The Kier molecular flexibility index (Phi) is 4.13. The summed E-state index contributed by atoms with van der Waals surface area (Å²) in [6.45, 7) is 1.80. The average Bonchev–Trinajstić information content (AvgIpc) is 2.94. The molecule has 6 nitrogen and oxygen atoms in total. The molecule has 1 aliphatic heterocycles. The molecule has 0 spiro atoms. The number of fused-ring (bicyclic) bond motifs is 1. The maximum Gasteiger partial charge on any atom is 0.226 e. The molecule has 0 saturated carbocycles. The predicted molar refractivity (Wildman–Crippen MR) is 95.4 cm³/mol. The molecule has 3 heterocycles. The maximum absolute atomic E-state index is 14.4. The number of halogens is 3. The molecule has 26 heavy (non-hydrogen) atoms. The number of carbonyl (C=O) groups excluding carboxylic acids is 1. The first-order valence-electron chi connectivity index (χ1n) is 7.78. The fraction of sp³-hybridized carbons (Fsp3) is 0.176. The Morgan fingerprint density at radius 3 is 2.77 bits per heavy atom. The molecule has 0 bridgehead atoms. The van der Waals surface area contributed by atoms with Gasteiger partial charge >= 0.3 is 0 Å². The molecule has 0 radical (unpaired) electrons. The SMILES string of the molecule is Cc1nn(-c2ccc(Cl)nn2)c2c1[C@@H](c1cc(Cl)ccc1F)CC(=O)N2. The number of aryl methyl sites for hydroxylation is 1. The molecule has 0 fully saturated rings. The zero-order valence-corrected chi connectivity index (χ0v) is 15.0. The van der Waals surface area contributed by atoms with E-state index in [1.807, 2.05) is 0 Å². The lowest BCUT2D eigenvalue weighted by atomic mass is 9.85. The van der Waals surface area contributed by atoms with Crippen LogP contribution in [0, 0.1) is 12.7 Å². The largest absolute Gasteiger partial charge is 0.310 e. The molecule has 1 aromatic carbocycles. The second-order valence-electron chi connectivity index (χ2n) is 5.94. The van der Waals surface area contributed by atoms with Crippen LogP contribution < -0.4 is 5.32 Å². The summed E-state index contributed by atoms with van der Waals surface area (Å²) in [6.07, 6.45) is 0.100. The highest BCUT2D eigenvalue weighted by molar-refractivity contribution is 6.30. The number of aromatic nitrogens is 4. The number of carbonyl (C=O) groups is 1. The number of nitrogens with one attached hydrogen (secondary N) is 1. The van der Waals surface area contributed by atoms with Gasteiger partial charge in [-0.3, -0.25) is 4.79 Å². The molecule has 132 valence electrons. The lowest BCUT2D eigenvalue weighted by Crippen LogP contribution is -2.25. The monoisotopic (exact) mass is 391 g/mol. The van der Waals surface area contributed by atoms with Gasteiger partial charge in [-0.05, 0) is 42.8 Å². The van der Waals surface area contributed by atoms with Crippen LogP contribution in [0.2, 0.25) is 10.2 Å². The molecule has 1 aliphatic rings. The van der Waals surface area contributed by atoms with Gasteiger partial charge in [0.05, 0.1) is 5.69 Å². The standard InChI is InChI=1S/C17H12Cl2FN5O/c1-8-16-11(10-6-9(18)2-3-12(10)20)7-15(26)21-17(16)25(24-8)14-5-4-13(19)22-23-14/h2-6,11H,7H2,1H3,(H,21,26)/t11-/m1/s1. The van der Waals surface area contributed by atoms with Crippen molar-refractivity contribution in [2.45, 2.75) is 19.3 Å². The maximum atomic E-state index is 14.4. The minimum absolute atomic E-state index is 0.100. The first-order valence-corrected chi connectivity index (χ1v) is 8.53. The molecule has 4 rings (SSSR count). The highest BCUT2D eigenvalue weighted by atomic mass is 35.5. The highest BCUT2D eigenvalue weighted by Crippen LogP contribution is 2.41. The molecule has 3 aromatic rings. The van der Waals surface area contributed by atoms with Crippen molar-refractivity contribution in [2.75, 3.05) is 5.32 Å². The Bertz CT molecular complexity index is 1020. The normalized spacial score (nSPS) is 16.3. The van der Waals surface area contributed by atoms with E-state index in [-0.39, 0.29) is 17.5 Å². The Hall–Kier alpha value is -2.51. The summed E-state index contributed by atoms with van der Waals surface area (Å²) in [5, 5.41) is 15.7. The summed E-state index contributed by atoms with van der Waals surface area (Å²) in [5.41, 5.74) is 1.74. The van der Waals surface area contributed by atoms with Crippen molar-refractivity contribution in [3.05, 3.63) is 63.1 Å². The van der Waals surface area contributed by atoms with E-state index in [1.165, 1.54) is 16.8 Å². The molecular formula is C17H12Cl2FN5O. The fourth-order valence-corrected chi connectivity index (χ4v) is 3.46.